The monoisotopic (exact) mass is 299 g/mol. The normalized spacial score (nSPS) is 20.5. The highest BCUT2D eigenvalue weighted by molar-refractivity contribution is 7.91. The molecule has 1 aliphatic rings. The van der Waals surface area contributed by atoms with Gasteiger partial charge in [-0.3, -0.25) is 14.9 Å². The smallest absolute Gasteiger partial charge is 0.311 e. The summed E-state index contributed by atoms with van der Waals surface area (Å²) in [6, 6.07) is 5.15. The number of carbonyl (C=O) groups excluding carboxylic acids is 1. The molecule has 1 unspecified atom stereocenters. The van der Waals surface area contributed by atoms with Gasteiger partial charge in [-0.2, -0.15) is 0 Å². The largest absolute Gasteiger partial charge is 0.427 e. The molecule has 1 atom stereocenters. The molecule has 1 aliphatic heterocycles. The molecule has 8 heteroatoms. The van der Waals surface area contributed by atoms with E-state index in [0.29, 0.717) is 6.42 Å². The molecule has 20 heavy (non-hydrogen) atoms. The van der Waals surface area contributed by atoms with Crippen LogP contribution >= 0.6 is 0 Å². The first-order valence-corrected chi connectivity index (χ1v) is 7.83. The number of non-ortho nitro benzene ring substituents is 1. The SMILES string of the molecule is O=C(CC1CCS(=O)(=O)C1)Oc1ccc([N+](=O)[O-])cc1. The van der Waals surface area contributed by atoms with E-state index in [1.165, 1.54) is 24.3 Å². The first-order chi connectivity index (χ1) is 9.35. The molecular formula is C12H13NO6S. The molecule has 0 amide bonds. The average Bonchev–Trinajstić information content (AvgIpc) is 2.69. The van der Waals surface area contributed by atoms with E-state index in [1.54, 1.807) is 0 Å². The van der Waals surface area contributed by atoms with Crippen molar-refractivity contribution in [2.75, 3.05) is 11.5 Å². The minimum atomic E-state index is -3.01. The third-order valence-corrected chi connectivity index (χ3v) is 4.90. The van der Waals surface area contributed by atoms with E-state index in [9.17, 15) is 23.3 Å². The van der Waals surface area contributed by atoms with Crippen LogP contribution in [0.5, 0.6) is 5.75 Å². The van der Waals surface area contributed by atoms with Gasteiger partial charge in [0.25, 0.3) is 5.69 Å². The number of hydrogen-bond donors (Lipinski definition) is 0. The number of carbonyl (C=O) groups is 1. The van der Waals surface area contributed by atoms with Gasteiger partial charge in [-0.15, -0.1) is 0 Å². The van der Waals surface area contributed by atoms with E-state index in [2.05, 4.69) is 0 Å². The number of nitrogens with zero attached hydrogens (tertiary/aromatic N) is 1. The predicted octanol–water partition coefficient (Wildman–Crippen LogP) is 1.33. The summed E-state index contributed by atoms with van der Waals surface area (Å²) in [7, 11) is -3.01. The van der Waals surface area contributed by atoms with Crippen LogP contribution in [0.4, 0.5) is 5.69 Å². The highest BCUT2D eigenvalue weighted by Gasteiger charge is 2.29. The van der Waals surface area contributed by atoms with E-state index in [-0.39, 0.29) is 35.3 Å². The average molecular weight is 299 g/mol. The molecule has 2 rings (SSSR count). The number of sulfone groups is 1. The van der Waals surface area contributed by atoms with Crippen molar-refractivity contribution in [3.8, 4) is 5.75 Å². The van der Waals surface area contributed by atoms with Crippen LogP contribution in [0.2, 0.25) is 0 Å². The number of nitro groups is 1. The highest BCUT2D eigenvalue weighted by Crippen LogP contribution is 2.23. The van der Waals surface area contributed by atoms with E-state index >= 15 is 0 Å². The zero-order valence-corrected chi connectivity index (χ0v) is 11.3. The van der Waals surface area contributed by atoms with Gasteiger partial charge in [-0.05, 0) is 24.5 Å². The lowest BCUT2D eigenvalue weighted by molar-refractivity contribution is -0.384. The van der Waals surface area contributed by atoms with E-state index in [0.717, 1.165) is 0 Å². The third kappa shape index (κ3) is 3.77. The van der Waals surface area contributed by atoms with Crippen LogP contribution in [-0.2, 0) is 14.6 Å². The number of hydrogen-bond acceptors (Lipinski definition) is 6. The van der Waals surface area contributed by atoms with Crippen LogP contribution in [0.3, 0.4) is 0 Å². The molecule has 0 aromatic heterocycles. The molecule has 0 radical (unpaired) electrons. The predicted molar refractivity (Wildman–Crippen MR) is 70.1 cm³/mol. The third-order valence-electron chi connectivity index (χ3n) is 3.06. The Morgan fingerprint density at radius 2 is 2.00 bits per heavy atom. The van der Waals surface area contributed by atoms with Crippen molar-refractivity contribution >= 4 is 21.5 Å². The summed E-state index contributed by atoms with van der Waals surface area (Å²) in [6.07, 6.45) is 0.508. The van der Waals surface area contributed by atoms with Crippen LogP contribution in [0.1, 0.15) is 12.8 Å². The summed E-state index contributed by atoms with van der Waals surface area (Å²) in [6.45, 7) is 0. The Balaban J connectivity index is 1.90. The Bertz CT molecular complexity index is 622. The van der Waals surface area contributed by atoms with Gasteiger partial charge in [0.15, 0.2) is 9.84 Å². The van der Waals surface area contributed by atoms with Crippen LogP contribution in [-0.4, -0.2) is 30.8 Å². The lowest BCUT2D eigenvalue weighted by atomic mass is 10.1. The van der Waals surface area contributed by atoms with Crippen molar-refractivity contribution < 1.29 is 22.9 Å². The fourth-order valence-corrected chi connectivity index (χ4v) is 3.94. The first-order valence-electron chi connectivity index (χ1n) is 6.01. The Hall–Kier alpha value is -1.96. The topological polar surface area (TPSA) is 104 Å². The fraction of sp³-hybridized carbons (Fsp3) is 0.417. The second-order valence-electron chi connectivity index (χ2n) is 4.70. The van der Waals surface area contributed by atoms with Crippen molar-refractivity contribution in [1.29, 1.82) is 0 Å². The molecule has 1 aromatic carbocycles. The molecule has 7 nitrogen and oxygen atoms in total. The summed E-state index contributed by atoms with van der Waals surface area (Å²) in [4.78, 5) is 21.6. The molecule has 1 saturated heterocycles. The van der Waals surface area contributed by atoms with E-state index in [4.69, 9.17) is 4.74 Å². The quantitative estimate of drug-likeness (QED) is 0.359. The van der Waals surface area contributed by atoms with Gasteiger partial charge in [0.2, 0.25) is 0 Å². The molecule has 0 N–H and O–H groups in total. The molecule has 0 bridgehead atoms. The van der Waals surface area contributed by atoms with Crippen molar-refractivity contribution in [2.45, 2.75) is 12.8 Å². The van der Waals surface area contributed by atoms with Crippen LogP contribution in [0.15, 0.2) is 24.3 Å². The number of nitro benzene ring substituents is 1. The summed E-state index contributed by atoms with van der Waals surface area (Å²) >= 11 is 0. The zero-order chi connectivity index (χ0) is 14.8. The molecule has 0 saturated carbocycles. The Labute approximate surface area is 115 Å². The van der Waals surface area contributed by atoms with Gasteiger partial charge in [-0.1, -0.05) is 0 Å². The summed E-state index contributed by atoms with van der Waals surface area (Å²) in [5.41, 5.74) is -0.0910. The summed E-state index contributed by atoms with van der Waals surface area (Å²) in [5.74, 6) is -0.391. The van der Waals surface area contributed by atoms with Gasteiger partial charge in [0, 0.05) is 18.6 Å². The number of rotatable bonds is 4. The summed E-state index contributed by atoms with van der Waals surface area (Å²) < 4.78 is 27.6. The number of ether oxygens (including phenoxy) is 1. The Kier molecular flexibility index (Phi) is 4.03. The molecular weight excluding hydrogens is 286 g/mol. The second kappa shape index (κ2) is 5.58. The van der Waals surface area contributed by atoms with Crippen LogP contribution in [0.25, 0.3) is 0 Å². The molecule has 108 valence electrons. The molecule has 0 aliphatic carbocycles. The lowest BCUT2D eigenvalue weighted by Gasteiger charge is -2.07. The fourth-order valence-electron chi connectivity index (χ4n) is 2.08. The minimum absolute atomic E-state index is 0.0162. The maximum Gasteiger partial charge on any atom is 0.311 e. The van der Waals surface area contributed by atoms with Crippen LogP contribution < -0.4 is 4.74 Å². The van der Waals surface area contributed by atoms with Crippen LogP contribution in [0, 0.1) is 16.0 Å². The maximum atomic E-state index is 11.6. The molecule has 1 heterocycles. The second-order valence-corrected chi connectivity index (χ2v) is 6.93. The Morgan fingerprint density at radius 1 is 1.35 bits per heavy atom. The van der Waals surface area contributed by atoms with E-state index < -0.39 is 20.7 Å². The van der Waals surface area contributed by atoms with Crippen molar-refractivity contribution in [3.63, 3.8) is 0 Å². The first kappa shape index (κ1) is 14.4. The lowest BCUT2D eigenvalue weighted by Crippen LogP contribution is -2.15. The van der Waals surface area contributed by atoms with Gasteiger partial charge >= 0.3 is 5.97 Å². The van der Waals surface area contributed by atoms with Crippen molar-refractivity contribution in [2.24, 2.45) is 5.92 Å². The Morgan fingerprint density at radius 3 is 2.50 bits per heavy atom. The zero-order valence-electron chi connectivity index (χ0n) is 10.5. The molecule has 1 fully saturated rings. The van der Waals surface area contributed by atoms with Crippen molar-refractivity contribution in [1.82, 2.24) is 0 Å². The van der Waals surface area contributed by atoms with Gasteiger partial charge in [-0.25, -0.2) is 8.42 Å². The molecule has 1 aromatic rings. The number of esters is 1. The van der Waals surface area contributed by atoms with Gasteiger partial charge < -0.3 is 4.74 Å². The van der Waals surface area contributed by atoms with E-state index in [1.807, 2.05) is 0 Å². The minimum Gasteiger partial charge on any atom is -0.427 e. The van der Waals surface area contributed by atoms with Gasteiger partial charge in [0.1, 0.15) is 5.75 Å². The number of benzene rings is 1. The standard InChI is InChI=1S/C12H13NO6S/c14-12(7-9-5-6-20(17,18)8-9)19-11-3-1-10(2-4-11)13(15)16/h1-4,9H,5-8H2. The van der Waals surface area contributed by atoms with Gasteiger partial charge in [0.05, 0.1) is 16.4 Å². The molecule has 0 spiro atoms. The maximum absolute atomic E-state index is 11.6. The van der Waals surface area contributed by atoms with Crippen molar-refractivity contribution in [3.05, 3.63) is 34.4 Å². The highest BCUT2D eigenvalue weighted by atomic mass is 32.2. The summed E-state index contributed by atoms with van der Waals surface area (Å²) in [5, 5.41) is 10.5.